The Morgan fingerprint density at radius 2 is 2.09 bits per heavy atom. The number of ether oxygens (including phenoxy) is 1. The van der Waals surface area contributed by atoms with E-state index in [1.165, 1.54) is 6.07 Å². The SMILES string of the molecule is COc1cccc2c1CCN(c1ncccc1S(N)(=O)=O)C2. The maximum atomic E-state index is 11.7. The Bertz CT molecular complexity index is 805. The van der Waals surface area contributed by atoms with Crippen LogP contribution < -0.4 is 14.8 Å². The van der Waals surface area contributed by atoms with E-state index in [4.69, 9.17) is 9.88 Å². The quantitative estimate of drug-likeness (QED) is 0.921. The third-order valence-electron chi connectivity index (χ3n) is 3.80. The van der Waals surface area contributed by atoms with Gasteiger partial charge in [-0.25, -0.2) is 18.5 Å². The highest BCUT2D eigenvalue weighted by molar-refractivity contribution is 7.89. The van der Waals surface area contributed by atoms with Gasteiger partial charge in [-0.05, 0) is 30.2 Å². The number of hydrogen-bond acceptors (Lipinski definition) is 5. The highest BCUT2D eigenvalue weighted by Gasteiger charge is 2.24. The number of benzene rings is 1. The van der Waals surface area contributed by atoms with Crippen molar-refractivity contribution in [2.24, 2.45) is 5.14 Å². The number of fused-ring (bicyclic) bond motifs is 1. The monoisotopic (exact) mass is 319 g/mol. The van der Waals surface area contributed by atoms with Crippen LogP contribution in [0.15, 0.2) is 41.4 Å². The molecule has 6 nitrogen and oxygen atoms in total. The summed E-state index contributed by atoms with van der Waals surface area (Å²) in [5, 5.41) is 5.29. The van der Waals surface area contributed by atoms with Gasteiger partial charge in [0.2, 0.25) is 10.0 Å². The van der Waals surface area contributed by atoms with Crippen LogP contribution in [0.4, 0.5) is 5.82 Å². The number of primary sulfonamides is 1. The van der Waals surface area contributed by atoms with Crippen LogP contribution in [0.25, 0.3) is 0 Å². The number of anilines is 1. The molecule has 1 aromatic heterocycles. The molecule has 1 aliphatic heterocycles. The molecule has 116 valence electrons. The molecule has 7 heteroatoms. The average molecular weight is 319 g/mol. The van der Waals surface area contributed by atoms with E-state index >= 15 is 0 Å². The van der Waals surface area contributed by atoms with Crippen molar-refractivity contribution in [3.05, 3.63) is 47.7 Å². The Morgan fingerprint density at radius 3 is 2.82 bits per heavy atom. The van der Waals surface area contributed by atoms with Gasteiger partial charge in [-0.2, -0.15) is 0 Å². The van der Waals surface area contributed by atoms with Crippen LogP contribution in [-0.4, -0.2) is 27.1 Å². The zero-order chi connectivity index (χ0) is 15.7. The molecule has 2 aromatic rings. The van der Waals surface area contributed by atoms with E-state index in [-0.39, 0.29) is 4.90 Å². The molecule has 3 rings (SSSR count). The lowest BCUT2D eigenvalue weighted by molar-refractivity contribution is 0.407. The number of nitrogens with zero attached hydrogens (tertiary/aromatic N) is 2. The van der Waals surface area contributed by atoms with Crippen LogP contribution in [-0.2, 0) is 23.0 Å². The number of rotatable bonds is 3. The smallest absolute Gasteiger partial charge is 0.241 e. The van der Waals surface area contributed by atoms with Crippen molar-refractivity contribution in [3.63, 3.8) is 0 Å². The van der Waals surface area contributed by atoms with E-state index in [9.17, 15) is 8.42 Å². The molecule has 0 atom stereocenters. The zero-order valence-electron chi connectivity index (χ0n) is 12.2. The molecule has 1 aliphatic rings. The van der Waals surface area contributed by atoms with E-state index in [0.29, 0.717) is 18.9 Å². The van der Waals surface area contributed by atoms with Crippen LogP contribution >= 0.6 is 0 Å². The van der Waals surface area contributed by atoms with Crippen LogP contribution in [0.2, 0.25) is 0 Å². The average Bonchev–Trinajstić information content (AvgIpc) is 2.53. The summed E-state index contributed by atoms with van der Waals surface area (Å²) in [6.45, 7) is 1.24. The van der Waals surface area contributed by atoms with Crippen LogP contribution in [0.3, 0.4) is 0 Å². The van der Waals surface area contributed by atoms with Gasteiger partial charge in [-0.15, -0.1) is 0 Å². The van der Waals surface area contributed by atoms with Gasteiger partial charge in [-0.3, -0.25) is 0 Å². The predicted octanol–water partition coefficient (Wildman–Crippen LogP) is 1.30. The van der Waals surface area contributed by atoms with Gasteiger partial charge in [0.05, 0.1) is 7.11 Å². The molecule has 0 spiro atoms. The van der Waals surface area contributed by atoms with Gasteiger partial charge in [-0.1, -0.05) is 12.1 Å². The van der Waals surface area contributed by atoms with Gasteiger partial charge < -0.3 is 9.64 Å². The lowest BCUT2D eigenvalue weighted by atomic mass is 9.98. The maximum absolute atomic E-state index is 11.7. The standard InChI is InChI=1S/C15H17N3O3S/c1-21-13-5-2-4-11-10-18(9-7-12(11)13)15-14(22(16,19)20)6-3-8-17-15/h2-6,8H,7,9-10H2,1H3,(H2,16,19,20). The number of sulfonamides is 1. The normalized spacial score (nSPS) is 14.5. The number of hydrogen-bond donors (Lipinski definition) is 1. The molecule has 0 fully saturated rings. The first-order valence-corrected chi connectivity index (χ1v) is 8.43. The number of nitrogens with two attached hydrogens (primary N) is 1. The topological polar surface area (TPSA) is 85.5 Å². The van der Waals surface area contributed by atoms with Crippen LogP contribution in [0.5, 0.6) is 5.75 Å². The summed E-state index contributed by atoms with van der Waals surface area (Å²) < 4.78 is 28.8. The van der Waals surface area contributed by atoms with Crippen molar-refractivity contribution in [2.45, 2.75) is 17.9 Å². The Hall–Kier alpha value is -2.12. The van der Waals surface area contributed by atoms with E-state index < -0.39 is 10.0 Å². The zero-order valence-corrected chi connectivity index (χ0v) is 13.0. The third kappa shape index (κ3) is 2.65. The predicted molar refractivity (Wildman–Crippen MR) is 83.4 cm³/mol. The highest BCUT2D eigenvalue weighted by Crippen LogP contribution is 2.31. The Balaban J connectivity index is 2.00. The first-order valence-electron chi connectivity index (χ1n) is 6.88. The summed E-state index contributed by atoms with van der Waals surface area (Å²) in [5.74, 6) is 1.27. The first kappa shape index (κ1) is 14.8. The fraction of sp³-hybridized carbons (Fsp3) is 0.267. The molecule has 1 aromatic carbocycles. The van der Waals surface area contributed by atoms with Crippen molar-refractivity contribution in [1.29, 1.82) is 0 Å². The second-order valence-electron chi connectivity index (χ2n) is 5.14. The molecule has 0 unspecified atom stereocenters. The third-order valence-corrected chi connectivity index (χ3v) is 4.73. The Kier molecular flexibility index (Phi) is 3.76. The minimum absolute atomic E-state index is 0.0568. The van der Waals surface area contributed by atoms with Gasteiger partial charge in [0, 0.05) is 24.8 Å². The van der Waals surface area contributed by atoms with Crippen molar-refractivity contribution in [3.8, 4) is 5.75 Å². The van der Waals surface area contributed by atoms with Crippen molar-refractivity contribution in [2.75, 3.05) is 18.6 Å². The molecule has 0 aliphatic carbocycles. The molecule has 0 amide bonds. The van der Waals surface area contributed by atoms with E-state index in [1.54, 1.807) is 19.4 Å². The van der Waals surface area contributed by atoms with Gasteiger partial charge >= 0.3 is 0 Å². The molecule has 0 saturated heterocycles. The summed E-state index contributed by atoms with van der Waals surface area (Å²) in [4.78, 5) is 6.21. The van der Waals surface area contributed by atoms with Crippen LogP contribution in [0, 0.1) is 0 Å². The number of pyridine rings is 1. The maximum Gasteiger partial charge on any atom is 0.241 e. The molecule has 22 heavy (non-hydrogen) atoms. The number of methoxy groups -OCH3 is 1. The van der Waals surface area contributed by atoms with E-state index in [1.807, 2.05) is 23.1 Å². The molecule has 0 saturated carbocycles. The molecule has 2 heterocycles. The summed E-state index contributed by atoms with van der Waals surface area (Å²) in [7, 11) is -2.15. The largest absolute Gasteiger partial charge is 0.496 e. The van der Waals surface area contributed by atoms with Gasteiger partial charge in [0.1, 0.15) is 16.5 Å². The summed E-state index contributed by atoms with van der Waals surface area (Å²) in [5.41, 5.74) is 2.27. The lowest BCUT2D eigenvalue weighted by Gasteiger charge is -2.31. The van der Waals surface area contributed by atoms with Crippen molar-refractivity contribution >= 4 is 15.8 Å². The van der Waals surface area contributed by atoms with Gasteiger partial charge in [0.15, 0.2) is 0 Å². The Morgan fingerprint density at radius 1 is 1.27 bits per heavy atom. The fourth-order valence-corrected chi connectivity index (χ4v) is 3.49. The summed E-state index contributed by atoms with van der Waals surface area (Å²) in [6.07, 6.45) is 2.34. The highest BCUT2D eigenvalue weighted by atomic mass is 32.2. The Labute approximate surface area is 129 Å². The molecular formula is C15H17N3O3S. The lowest BCUT2D eigenvalue weighted by Crippen LogP contribution is -2.33. The summed E-state index contributed by atoms with van der Waals surface area (Å²) >= 11 is 0. The number of aromatic nitrogens is 1. The molecule has 2 N–H and O–H groups in total. The fourth-order valence-electron chi connectivity index (χ4n) is 2.79. The minimum atomic E-state index is -3.80. The van der Waals surface area contributed by atoms with Crippen LogP contribution in [0.1, 0.15) is 11.1 Å². The molecule has 0 radical (unpaired) electrons. The van der Waals surface area contributed by atoms with Gasteiger partial charge in [0.25, 0.3) is 0 Å². The minimum Gasteiger partial charge on any atom is -0.496 e. The summed E-state index contributed by atoms with van der Waals surface area (Å²) in [6, 6.07) is 8.94. The van der Waals surface area contributed by atoms with Crippen molar-refractivity contribution < 1.29 is 13.2 Å². The molecular weight excluding hydrogens is 302 g/mol. The van der Waals surface area contributed by atoms with E-state index in [0.717, 1.165) is 23.3 Å². The second kappa shape index (κ2) is 5.58. The van der Waals surface area contributed by atoms with E-state index in [2.05, 4.69) is 4.98 Å². The van der Waals surface area contributed by atoms with Crippen molar-refractivity contribution in [1.82, 2.24) is 4.98 Å². The second-order valence-corrected chi connectivity index (χ2v) is 6.67. The first-order chi connectivity index (χ1) is 10.5. The molecule has 0 bridgehead atoms.